The summed E-state index contributed by atoms with van der Waals surface area (Å²) in [6, 6.07) is 5.34. The molecular weight excluding hydrogens is 366 g/mol. The van der Waals surface area contributed by atoms with E-state index in [1.807, 2.05) is 23.8 Å². The smallest absolute Gasteiger partial charge is 0.347 e. The second kappa shape index (κ2) is 7.19. The first kappa shape index (κ1) is 18.2. The molecule has 29 heavy (non-hydrogen) atoms. The van der Waals surface area contributed by atoms with Crippen molar-refractivity contribution in [3.63, 3.8) is 0 Å². The van der Waals surface area contributed by atoms with Crippen LogP contribution in [0.4, 0.5) is 0 Å². The van der Waals surface area contributed by atoms with Gasteiger partial charge in [0.2, 0.25) is 0 Å². The van der Waals surface area contributed by atoms with Gasteiger partial charge in [-0.25, -0.2) is 9.78 Å². The van der Waals surface area contributed by atoms with Crippen molar-refractivity contribution >= 4 is 17.0 Å². The van der Waals surface area contributed by atoms with E-state index in [0.717, 1.165) is 55.5 Å². The van der Waals surface area contributed by atoms with Gasteiger partial charge in [0.15, 0.2) is 0 Å². The molecule has 1 aliphatic heterocycles. The highest BCUT2D eigenvalue weighted by Crippen LogP contribution is 2.31. The monoisotopic (exact) mass is 391 g/mol. The Hall–Kier alpha value is -2.86. The summed E-state index contributed by atoms with van der Waals surface area (Å²) in [4.78, 5) is 19.9. The molecule has 5 rings (SSSR count). The Kier molecular flexibility index (Phi) is 4.51. The summed E-state index contributed by atoms with van der Waals surface area (Å²) in [5, 5.41) is 11.3. The molecule has 2 aromatic heterocycles. The molecule has 150 valence electrons. The topological polar surface area (TPSA) is 71.5 Å². The van der Waals surface area contributed by atoms with Gasteiger partial charge in [-0.15, -0.1) is 0 Å². The molecule has 0 bridgehead atoms. The molecule has 0 unspecified atom stereocenters. The van der Waals surface area contributed by atoms with E-state index >= 15 is 0 Å². The molecule has 3 aromatic rings. The van der Waals surface area contributed by atoms with Gasteiger partial charge in [-0.3, -0.25) is 4.90 Å². The Morgan fingerprint density at radius 2 is 2.03 bits per heavy atom. The van der Waals surface area contributed by atoms with Crippen molar-refractivity contribution in [2.75, 3.05) is 13.1 Å². The number of phenols is 1. The van der Waals surface area contributed by atoms with Gasteiger partial charge >= 0.3 is 5.63 Å². The number of rotatable bonds is 3. The molecule has 6 nitrogen and oxygen atoms in total. The predicted octanol–water partition coefficient (Wildman–Crippen LogP) is 3.84. The van der Waals surface area contributed by atoms with E-state index in [1.165, 1.54) is 6.42 Å². The molecule has 3 heterocycles. The fourth-order valence-corrected chi connectivity index (χ4v) is 4.52. The first-order valence-electron chi connectivity index (χ1n) is 10.4. The molecule has 1 N–H and O–H groups in total. The van der Waals surface area contributed by atoms with Gasteiger partial charge in [0.05, 0.1) is 11.3 Å². The van der Waals surface area contributed by atoms with E-state index in [2.05, 4.69) is 16.0 Å². The number of benzene rings is 1. The number of nitrogens with zero attached hydrogens (tertiary/aromatic N) is 3. The SMILES string of the molecule is Cn1c(-c2cc3ccc(O)c(CN4CCCCC4)c3oc2=O)nc2c1CCC=C2. The van der Waals surface area contributed by atoms with Gasteiger partial charge in [-0.2, -0.15) is 0 Å². The largest absolute Gasteiger partial charge is 0.507 e. The Balaban J connectivity index is 1.61. The summed E-state index contributed by atoms with van der Waals surface area (Å²) in [5.74, 6) is 0.805. The number of aromatic nitrogens is 2. The van der Waals surface area contributed by atoms with Crippen molar-refractivity contribution in [1.29, 1.82) is 0 Å². The van der Waals surface area contributed by atoms with Crippen molar-refractivity contribution < 1.29 is 9.52 Å². The third-order valence-corrected chi connectivity index (χ3v) is 6.12. The number of likely N-dealkylation sites (tertiary alicyclic amines) is 1. The number of piperidine rings is 1. The second-order valence-electron chi connectivity index (χ2n) is 8.03. The average molecular weight is 391 g/mol. The van der Waals surface area contributed by atoms with E-state index in [0.29, 0.717) is 29.1 Å². The van der Waals surface area contributed by atoms with Crippen LogP contribution in [0.3, 0.4) is 0 Å². The van der Waals surface area contributed by atoms with Crippen LogP contribution in [-0.4, -0.2) is 32.6 Å². The number of allylic oxidation sites excluding steroid dienone is 1. The van der Waals surface area contributed by atoms with Crippen LogP contribution in [0.5, 0.6) is 5.75 Å². The van der Waals surface area contributed by atoms with E-state index in [-0.39, 0.29) is 5.75 Å². The molecule has 1 aliphatic carbocycles. The number of aromatic hydroxyl groups is 1. The molecule has 0 spiro atoms. The van der Waals surface area contributed by atoms with Crippen molar-refractivity contribution in [1.82, 2.24) is 14.5 Å². The minimum Gasteiger partial charge on any atom is -0.507 e. The van der Waals surface area contributed by atoms with Crippen LogP contribution >= 0.6 is 0 Å². The van der Waals surface area contributed by atoms with Crippen LogP contribution in [0.2, 0.25) is 0 Å². The van der Waals surface area contributed by atoms with Crippen LogP contribution in [0.15, 0.2) is 33.5 Å². The predicted molar refractivity (Wildman–Crippen MR) is 113 cm³/mol. The van der Waals surface area contributed by atoms with E-state index < -0.39 is 5.63 Å². The minimum absolute atomic E-state index is 0.177. The van der Waals surface area contributed by atoms with E-state index in [9.17, 15) is 9.90 Å². The van der Waals surface area contributed by atoms with E-state index in [1.54, 1.807) is 12.1 Å². The van der Waals surface area contributed by atoms with Crippen molar-refractivity contribution in [2.45, 2.75) is 38.6 Å². The van der Waals surface area contributed by atoms with Gasteiger partial charge in [0.1, 0.15) is 22.7 Å². The molecule has 1 fully saturated rings. The highest BCUT2D eigenvalue weighted by atomic mass is 16.4. The normalized spacial score (nSPS) is 17.0. The van der Waals surface area contributed by atoms with Crippen LogP contribution in [0.1, 0.15) is 42.6 Å². The fourth-order valence-electron chi connectivity index (χ4n) is 4.52. The molecule has 1 aromatic carbocycles. The molecule has 0 saturated carbocycles. The lowest BCUT2D eigenvalue weighted by molar-refractivity contribution is 0.218. The van der Waals surface area contributed by atoms with E-state index in [4.69, 9.17) is 4.42 Å². The summed E-state index contributed by atoms with van der Waals surface area (Å²) in [6.07, 6.45) is 9.60. The lowest BCUT2D eigenvalue weighted by atomic mass is 10.1. The summed E-state index contributed by atoms with van der Waals surface area (Å²) in [5.41, 5.74) is 3.26. The molecular formula is C23H25N3O3. The van der Waals surface area contributed by atoms with Crippen molar-refractivity contribution in [3.05, 3.63) is 51.6 Å². The van der Waals surface area contributed by atoms with Crippen LogP contribution in [0, 0.1) is 0 Å². The lowest BCUT2D eigenvalue weighted by Gasteiger charge is -2.26. The lowest BCUT2D eigenvalue weighted by Crippen LogP contribution is -2.29. The van der Waals surface area contributed by atoms with Gasteiger partial charge in [-0.05, 0) is 63.0 Å². The number of imidazole rings is 1. The Labute approximate surface area is 169 Å². The van der Waals surface area contributed by atoms with Crippen molar-refractivity contribution in [2.24, 2.45) is 7.05 Å². The molecule has 0 radical (unpaired) electrons. The van der Waals surface area contributed by atoms with Gasteiger partial charge in [-0.1, -0.05) is 12.5 Å². The maximum absolute atomic E-state index is 12.9. The summed E-state index contributed by atoms with van der Waals surface area (Å²) in [7, 11) is 1.95. The van der Waals surface area contributed by atoms with Crippen LogP contribution < -0.4 is 5.63 Å². The highest BCUT2D eigenvalue weighted by molar-refractivity contribution is 5.85. The maximum Gasteiger partial charge on any atom is 0.347 e. The van der Waals surface area contributed by atoms with Crippen LogP contribution in [-0.2, 0) is 20.0 Å². The number of hydrogen-bond donors (Lipinski definition) is 1. The number of fused-ring (bicyclic) bond motifs is 2. The Morgan fingerprint density at radius 3 is 2.83 bits per heavy atom. The van der Waals surface area contributed by atoms with Gasteiger partial charge in [0.25, 0.3) is 0 Å². The summed E-state index contributed by atoms with van der Waals surface area (Å²) in [6.45, 7) is 2.60. The van der Waals surface area contributed by atoms with Crippen LogP contribution in [0.25, 0.3) is 28.4 Å². The molecule has 1 saturated heterocycles. The number of hydrogen-bond acceptors (Lipinski definition) is 5. The van der Waals surface area contributed by atoms with Gasteiger partial charge < -0.3 is 14.1 Å². The zero-order valence-corrected chi connectivity index (χ0v) is 16.6. The highest BCUT2D eigenvalue weighted by Gasteiger charge is 2.21. The maximum atomic E-state index is 12.9. The summed E-state index contributed by atoms with van der Waals surface area (Å²) >= 11 is 0. The fraction of sp³-hybridized carbons (Fsp3) is 0.391. The molecule has 0 atom stereocenters. The average Bonchev–Trinajstić information content (AvgIpc) is 3.07. The zero-order valence-electron chi connectivity index (χ0n) is 16.6. The number of phenolic OH excluding ortho intramolecular Hbond substituents is 1. The quantitative estimate of drug-likeness (QED) is 0.687. The second-order valence-corrected chi connectivity index (χ2v) is 8.03. The first-order chi connectivity index (χ1) is 14.1. The Morgan fingerprint density at radius 1 is 1.21 bits per heavy atom. The zero-order chi connectivity index (χ0) is 20.0. The summed E-state index contributed by atoms with van der Waals surface area (Å²) < 4.78 is 7.77. The van der Waals surface area contributed by atoms with Crippen molar-refractivity contribution in [3.8, 4) is 17.1 Å². The Bertz CT molecular complexity index is 1170. The molecule has 6 heteroatoms. The third-order valence-electron chi connectivity index (χ3n) is 6.12. The molecule has 2 aliphatic rings. The molecule has 0 amide bonds. The third kappa shape index (κ3) is 3.17. The first-order valence-corrected chi connectivity index (χ1v) is 10.4. The minimum atomic E-state index is -0.419. The van der Waals surface area contributed by atoms with Gasteiger partial charge in [0, 0.05) is 24.7 Å². The standard InChI is InChI=1S/C23H25N3O3/c1-25-19-8-4-3-7-18(19)24-22(25)16-13-15-9-10-20(27)17(21(15)29-23(16)28)14-26-11-5-2-6-12-26/h3,7,9-10,13,27H,2,4-6,8,11-12,14H2,1H3.